The van der Waals surface area contributed by atoms with Gasteiger partial charge < -0.3 is 10.3 Å². The van der Waals surface area contributed by atoms with Gasteiger partial charge in [-0.3, -0.25) is 4.90 Å². The van der Waals surface area contributed by atoms with Crippen molar-refractivity contribution in [2.75, 3.05) is 6.54 Å². The van der Waals surface area contributed by atoms with E-state index in [-0.39, 0.29) is 18.4 Å². The van der Waals surface area contributed by atoms with Gasteiger partial charge in [-0.15, -0.1) is 12.4 Å². The Morgan fingerprint density at radius 3 is 2.74 bits per heavy atom. The van der Waals surface area contributed by atoms with Crippen molar-refractivity contribution in [3.05, 3.63) is 41.7 Å². The number of rotatable bonds is 4. The molecule has 126 valence electrons. The number of aryl methyl sites for hydroxylation is 1. The highest BCUT2D eigenvalue weighted by Gasteiger charge is 2.26. The minimum Gasteiger partial charge on any atom is -0.359 e. The van der Waals surface area contributed by atoms with Crippen molar-refractivity contribution in [2.24, 2.45) is 5.73 Å². The Bertz CT molecular complexity index is 609. The molecular weight excluding hydrogens is 310 g/mol. The molecular formula is C18H26ClN3O. The first-order valence-electron chi connectivity index (χ1n) is 8.16. The Labute approximate surface area is 144 Å². The van der Waals surface area contributed by atoms with Crippen LogP contribution < -0.4 is 5.73 Å². The highest BCUT2D eigenvalue weighted by molar-refractivity contribution is 5.85. The summed E-state index contributed by atoms with van der Waals surface area (Å²) in [5, 5.41) is 4.22. The van der Waals surface area contributed by atoms with Gasteiger partial charge >= 0.3 is 0 Å². The molecule has 2 atom stereocenters. The lowest BCUT2D eigenvalue weighted by atomic mass is 9.97. The Morgan fingerprint density at radius 2 is 2.04 bits per heavy atom. The highest BCUT2D eigenvalue weighted by Crippen LogP contribution is 2.24. The molecule has 23 heavy (non-hydrogen) atoms. The lowest BCUT2D eigenvalue weighted by molar-refractivity contribution is 0.111. The minimum atomic E-state index is 0. The normalized spacial score (nSPS) is 20.0. The summed E-state index contributed by atoms with van der Waals surface area (Å²) in [5.41, 5.74) is 9.39. The fourth-order valence-electron chi connectivity index (χ4n) is 3.26. The maximum absolute atomic E-state index is 6.13. The first kappa shape index (κ1) is 18.0. The first-order valence-corrected chi connectivity index (χ1v) is 8.16. The molecule has 2 heterocycles. The van der Waals surface area contributed by atoms with E-state index in [0.717, 1.165) is 30.1 Å². The lowest BCUT2D eigenvalue weighted by Crippen LogP contribution is -2.48. The van der Waals surface area contributed by atoms with Crippen LogP contribution in [0.3, 0.4) is 0 Å². The van der Waals surface area contributed by atoms with Crippen molar-refractivity contribution in [3.63, 3.8) is 0 Å². The fourth-order valence-corrected chi connectivity index (χ4v) is 3.26. The van der Waals surface area contributed by atoms with Crippen LogP contribution in [0, 0.1) is 6.92 Å². The van der Waals surface area contributed by atoms with Crippen LogP contribution in [0.5, 0.6) is 0 Å². The van der Waals surface area contributed by atoms with Crippen molar-refractivity contribution in [3.8, 4) is 11.3 Å². The number of hydrogen-bond donors (Lipinski definition) is 1. The standard InChI is InChI=1S/C18H25N3O.ClH/c1-13-6-8-15(9-7-13)17-11-16(22-20-17)12-21-10-4-3-5-18(21)14(2)19;/h6-9,11,14,18H,3-5,10,12,19H2,1-2H3;1H. The molecule has 1 saturated heterocycles. The second-order valence-corrected chi connectivity index (χ2v) is 6.44. The van der Waals surface area contributed by atoms with E-state index in [1.807, 2.05) is 0 Å². The van der Waals surface area contributed by atoms with E-state index < -0.39 is 0 Å². The molecule has 0 amide bonds. The summed E-state index contributed by atoms with van der Waals surface area (Å²) in [4.78, 5) is 2.44. The molecule has 1 fully saturated rings. The molecule has 0 bridgehead atoms. The van der Waals surface area contributed by atoms with Crippen LogP contribution in [0.4, 0.5) is 0 Å². The Kier molecular flexibility index (Phi) is 6.22. The SMILES string of the molecule is Cc1ccc(-c2cc(CN3CCCCC3C(C)N)on2)cc1.Cl. The zero-order chi connectivity index (χ0) is 15.5. The van der Waals surface area contributed by atoms with Gasteiger partial charge in [-0.25, -0.2) is 0 Å². The molecule has 3 rings (SSSR count). The van der Waals surface area contributed by atoms with Crippen LogP contribution in [0.1, 0.15) is 37.5 Å². The van der Waals surface area contributed by atoms with Crippen molar-refractivity contribution in [1.29, 1.82) is 0 Å². The summed E-state index contributed by atoms with van der Waals surface area (Å²) >= 11 is 0. The number of nitrogens with two attached hydrogens (primary N) is 1. The number of aromatic nitrogens is 1. The molecule has 0 spiro atoms. The zero-order valence-corrected chi connectivity index (χ0v) is 14.7. The quantitative estimate of drug-likeness (QED) is 0.924. The topological polar surface area (TPSA) is 55.3 Å². The summed E-state index contributed by atoms with van der Waals surface area (Å²) < 4.78 is 5.55. The molecule has 2 unspecified atom stereocenters. The van der Waals surface area contributed by atoms with Gasteiger partial charge in [0.1, 0.15) is 5.69 Å². The summed E-state index contributed by atoms with van der Waals surface area (Å²) in [6, 6.07) is 11.1. The third kappa shape index (κ3) is 4.34. The monoisotopic (exact) mass is 335 g/mol. The molecule has 4 nitrogen and oxygen atoms in total. The lowest BCUT2D eigenvalue weighted by Gasteiger charge is -2.37. The number of hydrogen-bond acceptors (Lipinski definition) is 4. The van der Waals surface area contributed by atoms with Gasteiger partial charge in [-0.05, 0) is 33.2 Å². The number of benzene rings is 1. The number of halogens is 1. The summed E-state index contributed by atoms with van der Waals surface area (Å²) in [7, 11) is 0. The Morgan fingerprint density at radius 1 is 1.30 bits per heavy atom. The molecule has 5 heteroatoms. The molecule has 1 aromatic heterocycles. The average Bonchev–Trinajstić information content (AvgIpc) is 2.97. The molecule has 0 aliphatic carbocycles. The van der Waals surface area contributed by atoms with Crippen molar-refractivity contribution in [1.82, 2.24) is 10.1 Å². The number of nitrogens with zero attached hydrogens (tertiary/aromatic N) is 2. The van der Waals surface area contributed by atoms with E-state index in [9.17, 15) is 0 Å². The molecule has 0 radical (unpaired) electrons. The third-order valence-corrected chi connectivity index (χ3v) is 4.54. The second-order valence-electron chi connectivity index (χ2n) is 6.44. The summed E-state index contributed by atoms with van der Waals surface area (Å²) in [5.74, 6) is 0.920. The molecule has 1 aliphatic rings. The van der Waals surface area contributed by atoms with Gasteiger partial charge in [-0.2, -0.15) is 0 Å². The molecule has 0 saturated carbocycles. The number of likely N-dealkylation sites (tertiary alicyclic amines) is 1. The predicted molar refractivity (Wildman–Crippen MR) is 95.6 cm³/mol. The molecule has 2 N–H and O–H groups in total. The second kappa shape index (κ2) is 7.95. The maximum atomic E-state index is 6.13. The molecule has 2 aromatic rings. The average molecular weight is 336 g/mol. The van der Waals surface area contributed by atoms with Crippen LogP contribution in [-0.2, 0) is 6.54 Å². The summed E-state index contributed by atoms with van der Waals surface area (Å²) in [6.07, 6.45) is 3.69. The van der Waals surface area contributed by atoms with Crippen LogP contribution in [-0.4, -0.2) is 28.7 Å². The van der Waals surface area contributed by atoms with E-state index >= 15 is 0 Å². The van der Waals surface area contributed by atoms with Gasteiger partial charge in [0.25, 0.3) is 0 Å². The van der Waals surface area contributed by atoms with Crippen molar-refractivity contribution in [2.45, 2.75) is 51.7 Å². The van der Waals surface area contributed by atoms with Gasteiger partial charge in [0.2, 0.25) is 0 Å². The molecule has 1 aromatic carbocycles. The van der Waals surface area contributed by atoms with E-state index in [4.69, 9.17) is 10.3 Å². The minimum absolute atomic E-state index is 0. The van der Waals surface area contributed by atoms with Gasteiger partial charge in [-0.1, -0.05) is 41.4 Å². The Hall–Kier alpha value is -1.36. The Balaban J connectivity index is 0.00000192. The van der Waals surface area contributed by atoms with Gasteiger partial charge in [0.15, 0.2) is 5.76 Å². The van der Waals surface area contributed by atoms with Gasteiger partial charge in [0.05, 0.1) is 6.54 Å². The smallest absolute Gasteiger partial charge is 0.151 e. The predicted octanol–water partition coefficient (Wildman–Crippen LogP) is 3.77. The van der Waals surface area contributed by atoms with Crippen molar-refractivity contribution < 1.29 is 4.52 Å². The van der Waals surface area contributed by atoms with Crippen LogP contribution in [0.2, 0.25) is 0 Å². The van der Waals surface area contributed by atoms with Gasteiger partial charge in [0, 0.05) is 23.7 Å². The fraction of sp³-hybridized carbons (Fsp3) is 0.500. The van der Waals surface area contributed by atoms with Crippen LogP contribution in [0.25, 0.3) is 11.3 Å². The van der Waals surface area contributed by atoms with E-state index in [0.29, 0.717) is 6.04 Å². The third-order valence-electron chi connectivity index (χ3n) is 4.54. The summed E-state index contributed by atoms with van der Waals surface area (Å²) in [6.45, 7) is 6.07. The van der Waals surface area contributed by atoms with Crippen LogP contribution in [0.15, 0.2) is 34.9 Å². The maximum Gasteiger partial charge on any atom is 0.151 e. The molecule has 1 aliphatic heterocycles. The van der Waals surface area contributed by atoms with E-state index in [2.05, 4.69) is 54.2 Å². The van der Waals surface area contributed by atoms with E-state index in [1.54, 1.807) is 0 Å². The highest BCUT2D eigenvalue weighted by atomic mass is 35.5. The van der Waals surface area contributed by atoms with Crippen molar-refractivity contribution >= 4 is 12.4 Å². The van der Waals surface area contributed by atoms with E-state index in [1.165, 1.54) is 24.8 Å². The first-order chi connectivity index (χ1) is 10.6. The zero-order valence-electron chi connectivity index (χ0n) is 13.9. The van der Waals surface area contributed by atoms with Crippen LogP contribution >= 0.6 is 12.4 Å². The largest absolute Gasteiger partial charge is 0.359 e. The number of piperidine rings is 1.